The molecular weight excluding hydrogens is 397 g/mol. The zero-order valence-electron chi connectivity index (χ0n) is 15.2. The van der Waals surface area contributed by atoms with Gasteiger partial charge in [-0.25, -0.2) is 4.79 Å². The Morgan fingerprint density at radius 2 is 1.82 bits per heavy atom. The normalized spacial score (nSPS) is 11.1. The summed E-state index contributed by atoms with van der Waals surface area (Å²) in [6.45, 7) is 4.98. The number of carbonyl (C=O) groups excluding carboxylic acids is 3. The number of hydrogen-bond acceptors (Lipinski definition) is 5. The lowest BCUT2D eigenvalue weighted by molar-refractivity contribution is -0.137. The van der Waals surface area contributed by atoms with Gasteiger partial charge in [0.05, 0.1) is 17.7 Å². The van der Waals surface area contributed by atoms with Gasteiger partial charge in [0, 0.05) is 10.4 Å². The molecule has 1 aromatic carbocycles. The summed E-state index contributed by atoms with van der Waals surface area (Å²) in [5.74, 6) is -1.59. The summed E-state index contributed by atoms with van der Waals surface area (Å²) in [5, 5.41) is 4.62. The Kier molecular flexibility index (Phi) is 6.45. The average Bonchev–Trinajstić information content (AvgIpc) is 2.88. The van der Waals surface area contributed by atoms with Crippen LogP contribution in [-0.2, 0) is 10.9 Å². The minimum Gasteiger partial charge on any atom is -0.450 e. The highest BCUT2D eigenvalue weighted by molar-refractivity contribution is 7.16. The van der Waals surface area contributed by atoms with Gasteiger partial charge in [0.1, 0.15) is 5.00 Å². The van der Waals surface area contributed by atoms with Crippen LogP contribution in [0, 0.1) is 13.8 Å². The number of thiophene rings is 1. The molecule has 0 aliphatic carbocycles. The quantitative estimate of drug-likeness (QED) is 0.770. The van der Waals surface area contributed by atoms with Crippen molar-refractivity contribution in [3.8, 4) is 0 Å². The largest absolute Gasteiger partial charge is 0.450 e. The fourth-order valence-corrected chi connectivity index (χ4v) is 3.38. The van der Waals surface area contributed by atoms with Crippen LogP contribution in [0.5, 0.6) is 0 Å². The van der Waals surface area contributed by atoms with Crippen LogP contribution < -0.4 is 10.6 Å². The lowest BCUT2D eigenvalue weighted by atomic mass is 10.1. The predicted octanol–water partition coefficient (Wildman–Crippen LogP) is 4.52. The van der Waals surface area contributed by atoms with E-state index >= 15 is 0 Å². The van der Waals surface area contributed by atoms with E-state index in [1.807, 2.05) is 5.32 Å². The Morgan fingerprint density at radius 1 is 1.14 bits per heavy atom. The van der Waals surface area contributed by atoms with Gasteiger partial charge < -0.3 is 10.1 Å². The molecule has 0 fully saturated rings. The maximum absolute atomic E-state index is 12.8. The van der Waals surface area contributed by atoms with E-state index in [1.165, 1.54) is 6.07 Å². The smallest absolute Gasteiger partial charge is 0.416 e. The number of benzene rings is 1. The van der Waals surface area contributed by atoms with Crippen LogP contribution in [0.15, 0.2) is 24.3 Å². The average molecular weight is 414 g/mol. The van der Waals surface area contributed by atoms with E-state index in [1.54, 1.807) is 20.8 Å². The van der Waals surface area contributed by atoms with Gasteiger partial charge in [-0.05, 0) is 44.5 Å². The first-order valence-corrected chi connectivity index (χ1v) is 8.93. The van der Waals surface area contributed by atoms with Crippen LogP contribution in [0.4, 0.5) is 23.0 Å². The number of amides is 3. The monoisotopic (exact) mass is 414 g/mol. The number of nitrogens with one attached hydrogen (secondary N) is 2. The van der Waals surface area contributed by atoms with E-state index in [0.29, 0.717) is 10.4 Å². The standard InChI is InChI=1S/C18H17F3N2O4S/c1-4-27-17(26)23-15(25)13-9(2)10(3)28-16(13)22-14(24)11-6-5-7-12(8-11)18(19,20)21/h5-8H,4H2,1-3H3,(H,22,24)(H,23,25,26). The fourth-order valence-electron chi connectivity index (χ4n) is 2.32. The van der Waals surface area contributed by atoms with Gasteiger partial charge >= 0.3 is 12.3 Å². The van der Waals surface area contributed by atoms with Crippen molar-refractivity contribution >= 4 is 34.2 Å². The van der Waals surface area contributed by atoms with Gasteiger partial charge in [-0.3, -0.25) is 14.9 Å². The Balaban J connectivity index is 2.29. The van der Waals surface area contributed by atoms with Crippen molar-refractivity contribution in [1.29, 1.82) is 0 Å². The molecule has 10 heteroatoms. The topological polar surface area (TPSA) is 84.5 Å². The molecule has 0 atom stereocenters. The second-order valence-electron chi connectivity index (χ2n) is 5.69. The van der Waals surface area contributed by atoms with Crippen LogP contribution in [0.3, 0.4) is 0 Å². The molecule has 0 radical (unpaired) electrons. The summed E-state index contributed by atoms with van der Waals surface area (Å²) >= 11 is 1.08. The van der Waals surface area contributed by atoms with Gasteiger partial charge in [0.2, 0.25) is 0 Å². The van der Waals surface area contributed by atoms with E-state index < -0.39 is 29.6 Å². The van der Waals surface area contributed by atoms with Crippen LogP contribution in [-0.4, -0.2) is 24.5 Å². The van der Waals surface area contributed by atoms with Crippen molar-refractivity contribution in [1.82, 2.24) is 5.32 Å². The minimum atomic E-state index is -4.59. The third-order valence-electron chi connectivity index (χ3n) is 3.78. The molecule has 1 aromatic heterocycles. The van der Waals surface area contributed by atoms with Crippen LogP contribution >= 0.6 is 11.3 Å². The lowest BCUT2D eigenvalue weighted by Gasteiger charge is -2.10. The molecule has 150 valence electrons. The first-order chi connectivity index (χ1) is 13.0. The van der Waals surface area contributed by atoms with Crippen molar-refractivity contribution in [2.45, 2.75) is 26.9 Å². The number of imide groups is 1. The summed E-state index contributed by atoms with van der Waals surface area (Å²) in [4.78, 5) is 37.0. The SMILES string of the molecule is CCOC(=O)NC(=O)c1c(NC(=O)c2cccc(C(F)(F)F)c2)sc(C)c1C. The van der Waals surface area contributed by atoms with Crippen molar-refractivity contribution in [3.63, 3.8) is 0 Å². The molecular formula is C18H17F3N2O4S. The molecule has 0 saturated carbocycles. The van der Waals surface area contributed by atoms with Crippen LogP contribution in [0.25, 0.3) is 0 Å². The van der Waals surface area contributed by atoms with Crippen molar-refractivity contribution < 1.29 is 32.3 Å². The molecule has 2 aromatic rings. The molecule has 2 rings (SSSR count). The molecule has 0 spiro atoms. The Bertz CT molecular complexity index is 922. The molecule has 3 amide bonds. The highest BCUT2D eigenvalue weighted by Crippen LogP contribution is 2.33. The summed E-state index contributed by atoms with van der Waals surface area (Å²) in [7, 11) is 0. The minimum absolute atomic E-state index is 0.0517. The maximum atomic E-state index is 12.8. The molecule has 0 aliphatic rings. The molecule has 0 saturated heterocycles. The van der Waals surface area contributed by atoms with Gasteiger partial charge in [0.15, 0.2) is 0 Å². The first-order valence-electron chi connectivity index (χ1n) is 8.11. The van der Waals surface area contributed by atoms with Crippen LogP contribution in [0.1, 0.15) is 43.6 Å². The third kappa shape index (κ3) is 4.89. The number of carbonyl (C=O) groups is 3. The third-order valence-corrected chi connectivity index (χ3v) is 4.91. The zero-order chi connectivity index (χ0) is 21.1. The van der Waals surface area contributed by atoms with Crippen LogP contribution in [0.2, 0.25) is 0 Å². The highest BCUT2D eigenvalue weighted by atomic mass is 32.1. The maximum Gasteiger partial charge on any atom is 0.416 e. The molecule has 2 N–H and O–H groups in total. The van der Waals surface area contributed by atoms with Gasteiger partial charge in [0.25, 0.3) is 11.8 Å². The Labute approximate surface area is 162 Å². The first kappa shape index (κ1) is 21.4. The predicted molar refractivity (Wildman–Crippen MR) is 97.7 cm³/mol. The second kappa shape index (κ2) is 8.42. The summed E-state index contributed by atoms with van der Waals surface area (Å²) in [6.07, 6.45) is -5.53. The second-order valence-corrected chi connectivity index (χ2v) is 6.92. The number of alkyl carbamates (subject to hydrolysis) is 1. The van der Waals surface area contributed by atoms with Gasteiger partial charge in [-0.2, -0.15) is 13.2 Å². The number of ether oxygens (including phenoxy) is 1. The number of halogens is 3. The van der Waals surface area contributed by atoms with E-state index in [0.717, 1.165) is 29.5 Å². The lowest BCUT2D eigenvalue weighted by Crippen LogP contribution is -2.32. The zero-order valence-corrected chi connectivity index (χ0v) is 16.0. The molecule has 0 unspecified atom stereocenters. The van der Waals surface area contributed by atoms with E-state index in [9.17, 15) is 27.6 Å². The molecule has 0 aliphatic heterocycles. The fraction of sp³-hybridized carbons (Fsp3) is 0.278. The number of rotatable bonds is 4. The Hall–Kier alpha value is -2.88. The van der Waals surface area contributed by atoms with Crippen molar-refractivity contribution in [3.05, 3.63) is 51.4 Å². The van der Waals surface area contributed by atoms with E-state index in [-0.39, 0.29) is 22.7 Å². The van der Waals surface area contributed by atoms with Crippen molar-refractivity contribution in [2.24, 2.45) is 0 Å². The van der Waals surface area contributed by atoms with Gasteiger partial charge in [-0.15, -0.1) is 11.3 Å². The number of anilines is 1. The van der Waals surface area contributed by atoms with Crippen molar-refractivity contribution in [2.75, 3.05) is 11.9 Å². The molecule has 6 nitrogen and oxygen atoms in total. The van der Waals surface area contributed by atoms with E-state index in [2.05, 4.69) is 10.1 Å². The number of hydrogen-bond donors (Lipinski definition) is 2. The van der Waals surface area contributed by atoms with E-state index in [4.69, 9.17) is 0 Å². The summed E-state index contributed by atoms with van der Waals surface area (Å²) in [5.41, 5.74) is -0.587. The summed E-state index contributed by atoms with van der Waals surface area (Å²) in [6, 6.07) is 3.93. The highest BCUT2D eigenvalue weighted by Gasteiger charge is 2.31. The molecule has 28 heavy (non-hydrogen) atoms. The number of alkyl halides is 3. The Morgan fingerprint density at radius 3 is 2.43 bits per heavy atom. The summed E-state index contributed by atoms with van der Waals surface area (Å²) < 4.78 is 43.2. The molecule has 1 heterocycles. The van der Waals surface area contributed by atoms with Gasteiger partial charge in [-0.1, -0.05) is 6.07 Å². The number of aryl methyl sites for hydroxylation is 1. The molecule has 0 bridgehead atoms.